The Kier molecular flexibility index (Phi) is 10.5. The van der Waals surface area contributed by atoms with Crippen LogP contribution in [-0.4, -0.2) is 50.5 Å². The molecule has 150 valence electrons. The average Bonchev–Trinajstić information content (AvgIpc) is 2.63. The van der Waals surface area contributed by atoms with E-state index in [9.17, 15) is 9.59 Å². The van der Waals surface area contributed by atoms with Crippen molar-refractivity contribution in [3.8, 4) is 11.5 Å². The molecule has 2 N–H and O–H groups in total. The molecule has 0 heterocycles. The van der Waals surface area contributed by atoms with E-state index in [1.807, 2.05) is 27.7 Å². The molecule has 27 heavy (non-hydrogen) atoms. The van der Waals surface area contributed by atoms with E-state index in [0.29, 0.717) is 49.8 Å². The van der Waals surface area contributed by atoms with Gasteiger partial charge in [-0.05, 0) is 46.2 Å². The number of benzene rings is 1. The summed E-state index contributed by atoms with van der Waals surface area (Å²) in [6.45, 7) is 9.54. The number of ether oxygens (including phenoxy) is 3. The van der Waals surface area contributed by atoms with Gasteiger partial charge in [0.25, 0.3) is 0 Å². The van der Waals surface area contributed by atoms with Gasteiger partial charge in [-0.15, -0.1) is 0 Å². The van der Waals surface area contributed by atoms with E-state index >= 15 is 0 Å². The van der Waals surface area contributed by atoms with Crippen LogP contribution in [-0.2, 0) is 14.3 Å². The van der Waals surface area contributed by atoms with Crippen molar-refractivity contribution in [2.75, 3.05) is 26.4 Å². The van der Waals surface area contributed by atoms with E-state index < -0.39 is 11.8 Å². The van der Waals surface area contributed by atoms with E-state index in [-0.39, 0.29) is 6.10 Å². The summed E-state index contributed by atoms with van der Waals surface area (Å²) < 4.78 is 16.3. The van der Waals surface area contributed by atoms with Crippen molar-refractivity contribution in [2.45, 2.75) is 40.2 Å². The minimum absolute atomic E-state index is 0.141. The standard InChI is InChI=1S/C19H29N3O5/c1-5-25-16-9-8-15(17(12-16)26-6-2)13-21-22-19(24)18(23)20-10-7-11-27-14(3)4/h8-9,12-14H,5-7,10-11H2,1-4H3,(H,20,23)(H,22,24)/b21-13-. The Labute approximate surface area is 160 Å². The van der Waals surface area contributed by atoms with Gasteiger partial charge < -0.3 is 19.5 Å². The van der Waals surface area contributed by atoms with Crippen LogP contribution in [0.25, 0.3) is 0 Å². The lowest BCUT2D eigenvalue weighted by Crippen LogP contribution is -2.38. The number of hydrogen-bond donors (Lipinski definition) is 2. The third-order valence-electron chi connectivity index (χ3n) is 3.23. The normalized spacial score (nSPS) is 10.9. The van der Waals surface area contributed by atoms with Gasteiger partial charge in [-0.1, -0.05) is 0 Å². The third-order valence-corrected chi connectivity index (χ3v) is 3.23. The second kappa shape index (κ2) is 12.7. The fourth-order valence-electron chi connectivity index (χ4n) is 2.04. The summed E-state index contributed by atoms with van der Waals surface area (Å²) in [4.78, 5) is 23.4. The maximum absolute atomic E-state index is 11.7. The molecule has 1 rings (SSSR count). The van der Waals surface area contributed by atoms with Gasteiger partial charge in [0.05, 0.1) is 25.5 Å². The highest BCUT2D eigenvalue weighted by molar-refractivity contribution is 6.35. The van der Waals surface area contributed by atoms with Crippen LogP contribution in [0.15, 0.2) is 23.3 Å². The molecular weight excluding hydrogens is 350 g/mol. The first-order chi connectivity index (χ1) is 13.0. The zero-order valence-electron chi connectivity index (χ0n) is 16.4. The summed E-state index contributed by atoms with van der Waals surface area (Å²) in [6.07, 6.45) is 2.19. The Hall–Kier alpha value is -2.61. The van der Waals surface area contributed by atoms with Gasteiger partial charge in [-0.2, -0.15) is 5.10 Å². The predicted octanol–water partition coefficient (Wildman–Crippen LogP) is 1.87. The van der Waals surface area contributed by atoms with Crippen LogP contribution in [0.2, 0.25) is 0 Å². The van der Waals surface area contributed by atoms with Crippen molar-refractivity contribution in [3.63, 3.8) is 0 Å². The molecule has 1 aromatic carbocycles. The fraction of sp³-hybridized carbons (Fsp3) is 0.526. The highest BCUT2D eigenvalue weighted by Crippen LogP contribution is 2.23. The van der Waals surface area contributed by atoms with E-state index in [2.05, 4.69) is 15.8 Å². The first-order valence-electron chi connectivity index (χ1n) is 9.10. The Morgan fingerprint density at radius 3 is 2.56 bits per heavy atom. The largest absolute Gasteiger partial charge is 0.494 e. The maximum Gasteiger partial charge on any atom is 0.329 e. The average molecular weight is 379 g/mol. The van der Waals surface area contributed by atoms with Crippen molar-refractivity contribution in [2.24, 2.45) is 5.10 Å². The highest BCUT2D eigenvalue weighted by Gasteiger charge is 2.11. The Bertz CT molecular complexity index is 632. The van der Waals surface area contributed by atoms with Crippen molar-refractivity contribution >= 4 is 18.0 Å². The zero-order chi connectivity index (χ0) is 20.1. The van der Waals surface area contributed by atoms with Crippen molar-refractivity contribution in [1.82, 2.24) is 10.7 Å². The molecule has 0 atom stereocenters. The second-order valence-electron chi connectivity index (χ2n) is 5.79. The minimum Gasteiger partial charge on any atom is -0.494 e. The van der Waals surface area contributed by atoms with Gasteiger partial charge in [0, 0.05) is 24.8 Å². The quantitative estimate of drug-likeness (QED) is 0.265. The molecule has 0 saturated carbocycles. The zero-order valence-corrected chi connectivity index (χ0v) is 16.4. The van der Waals surface area contributed by atoms with E-state index in [1.165, 1.54) is 6.21 Å². The first-order valence-corrected chi connectivity index (χ1v) is 9.10. The van der Waals surface area contributed by atoms with Crippen LogP contribution < -0.4 is 20.2 Å². The summed E-state index contributed by atoms with van der Waals surface area (Å²) >= 11 is 0. The third kappa shape index (κ3) is 9.05. The molecule has 0 radical (unpaired) electrons. The monoisotopic (exact) mass is 379 g/mol. The number of amides is 2. The van der Waals surface area contributed by atoms with E-state index in [1.54, 1.807) is 18.2 Å². The number of nitrogens with one attached hydrogen (secondary N) is 2. The highest BCUT2D eigenvalue weighted by atomic mass is 16.5. The summed E-state index contributed by atoms with van der Waals surface area (Å²) in [6, 6.07) is 5.30. The number of carbonyl (C=O) groups excluding carboxylic acids is 2. The Balaban J connectivity index is 2.50. The molecule has 1 aromatic rings. The lowest BCUT2D eigenvalue weighted by Gasteiger charge is -2.10. The number of hydrogen-bond acceptors (Lipinski definition) is 6. The lowest BCUT2D eigenvalue weighted by atomic mass is 10.2. The van der Waals surface area contributed by atoms with Crippen LogP contribution in [0.4, 0.5) is 0 Å². The molecule has 8 heteroatoms. The van der Waals surface area contributed by atoms with Gasteiger partial charge in [-0.3, -0.25) is 9.59 Å². The molecule has 0 aliphatic rings. The molecule has 0 aliphatic heterocycles. The molecule has 8 nitrogen and oxygen atoms in total. The van der Waals surface area contributed by atoms with Gasteiger partial charge >= 0.3 is 11.8 Å². The van der Waals surface area contributed by atoms with Gasteiger partial charge in [0.1, 0.15) is 11.5 Å². The number of rotatable bonds is 11. The Morgan fingerprint density at radius 2 is 1.89 bits per heavy atom. The smallest absolute Gasteiger partial charge is 0.329 e. The number of nitrogens with zero attached hydrogens (tertiary/aromatic N) is 1. The summed E-state index contributed by atoms with van der Waals surface area (Å²) in [5.41, 5.74) is 2.86. The molecule has 0 unspecified atom stereocenters. The molecule has 0 saturated heterocycles. The van der Waals surface area contributed by atoms with Crippen LogP contribution >= 0.6 is 0 Å². The summed E-state index contributed by atoms with van der Waals surface area (Å²) in [5.74, 6) is -0.313. The lowest BCUT2D eigenvalue weighted by molar-refractivity contribution is -0.139. The molecule has 2 amide bonds. The SMILES string of the molecule is CCOc1ccc(/C=N\NC(=O)C(=O)NCCCOC(C)C)c(OCC)c1. The van der Waals surface area contributed by atoms with Gasteiger partial charge in [-0.25, -0.2) is 5.43 Å². The van der Waals surface area contributed by atoms with Crippen molar-refractivity contribution < 1.29 is 23.8 Å². The summed E-state index contributed by atoms with van der Waals surface area (Å²) in [5, 5.41) is 6.33. The van der Waals surface area contributed by atoms with Crippen LogP contribution in [0.3, 0.4) is 0 Å². The fourth-order valence-corrected chi connectivity index (χ4v) is 2.04. The summed E-state index contributed by atoms with van der Waals surface area (Å²) in [7, 11) is 0. The number of hydrazone groups is 1. The maximum atomic E-state index is 11.7. The van der Waals surface area contributed by atoms with Gasteiger partial charge in [0.15, 0.2) is 0 Å². The first kappa shape index (κ1) is 22.4. The van der Waals surface area contributed by atoms with Crippen molar-refractivity contribution in [1.29, 1.82) is 0 Å². The van der Waals surface area contributed by atoms with E-state index in [0.717, 1.165) is 0 Å². The van der Waals surface area contributed by atoms with Crippen LogP contribution in [0.1, 0.15) is 39.7 Å². The van der Waals surface area contributed by atoms with Gasteiger partial charge in [0.2, 0.25) is 0 Å². The van der Waals surface area contributed by atoms with Crippen molar-refractivity contribution in [3.05, 3.63) is 23.8 Å². The minimum atomic E-state index is -0.833. The topological polar surface area (TPSA) is 98.2 Å². The molecule has 0 bridgehead atoms. The second-order valence-corrected chi connectivity index (χ2v) is 5.79. The van der Waals surface area contributed by atoms with Crippen LogP contribution in [0, 0.1) is 0 Å². The molecule has 0 aromatic heterocycles. The number of carbonyl (C=O) groups is 2. The molecular formula is C19H29N3O5. The predicted molar refractivity (Wildman–Crippen MR) is 103 cm³/mol. The molecule has 0 fully saturated rings. The van der Waals surface area contributed by atoms with Crippen LogP contribution in [0.5, 0.6) is 11.5 Å². The van der Waals surface area contributed by atoms with E-state index in [4.69, 9.17) is 14.2 Å². The molecule has 0 aliphatic carbocycles. The molecule has 0 spiro atoms. The Morgan fingerprint density at radius 1 is 1.15 bits per heavy atom.